The van der Waals surface area contributed by atoms with Gasteiger partial charge in [0.05, 0.1) is 40.7 Å². The van der Waals surface area contributed by atoms with Gasteiger partial charge in [-0.1, -0.05) is 10.1 Å². The Balaban J connectivity index is 1.80. The third kappa shape index (κ3) is 6.76. The summed E-state index contributed by atoms with van der Waals surface area (Å²) >= 11 is 0.943. The Labute approximate surface area is 201 Å². The predicted molar refractivity (Wildman–Crippen MR) is 122 cm³/mol. The zero-order valence-corrected chi connectivity index (χ0v) is 19.4. The van der Waals surface area contributed by atoms with E-state index in [4.69, 9.17) is 20.4 Å². The molecule has 0 amide bonds. The first-order chi connectivity index (χ1) is 16.4. The molecule has 0 aliphatic rings. The summed E-state index contributed by atoms with van der Waals surface area (Å²) in [5, 5.41) is 42.7. The van der Waals surface area contributed by atoms with E-state index < -0.39 is 9.84 Å². The van der Waals surface area contributed by atoms with Gasteiger partial charge < -0.3 is 10.8 Å². The fourth-order valence-corrected chi connectivity index (χ4v) is 4.61. The largest absolute Gasteiger partial charge is 0.507 e. The van der Waals surface area contributed by atoms with Crippen LogP contribution >= 0.6 is 24.4 Å². The van der Waals surface area contributed by atoms with Crippen molar-refractivity contribution in [3.8, 4) is 5.75 Å². The highest BCUT2D eigenvalue weighted by atomic mass is 32.2. The molecule has 0 unspecified atom stereocenters. The van der Waals surface area contributed by atoms with Crippen LogP contribution in [0.3, 0.4) is 0 Å². The second kappa shape index (κ2) is 12.3. The number of phenols is 1. The molecule has 0 atom stereocenters. The van der Waals surface area contributed by atoms with E-state index in [0.717, 1.165) is 0 Å². The number of nitrogen functional groups attached to an aromatic ring is 1. The zero-order chi connectivity index (χ0) is 24.6. The molecule has 0 radical (unpaired) electrons. The number of rotatable bonds is 12. The van der Waals surface area contributed by atoms with E-state index >= 15 is 0 Å². The molecule has 3 aromatic rings. The summed E-state index contributed by atoms with van der Waals surface area (Å²) in [6, 6.07) is 11.8. The van der Waals surface area contributed by atoms with Crippen LogP contribution in [0.25, 0.3) is 10.8 Å². The average molecular weight is 532 g/mol. The minimum absolute atomic E-state index is 0.0433. The maximum Gasteiger partial charge on any atom is 0.197 e. The van der Waals surface area contributed by atoms with Crippen LogP contribution in [-0.2, 0) is 32.8 Å². The number of phenolic OH excluding ortho intramolecular Hbond substituents is 1. The minimum Gasteiger partial charge on any atom is -0.507 e. The van der Waals surface area contributed by atoms with Gasteiger partial charge in [0, 0.05) is 15.7 Å². The van der Waals surface area contributed by atoms with E-state index in [2.05, 4.69) is 29.0 Å². The lowest BCUT2D eigenvalue weighted by atomic mass is 10.1. The summed E-state index contributed by atoms with van der Waals surface area (Å²) < 4.78 is 37.8. The Morgan fingerprint density at radius 3 is 2.38 bits per heavy atom. The summed E-state index contributed by atoms with van der Waals surface area (Å²) in [6.45, 7) is -0.208. The molecule has 16 heteroatoms. The number of aromatic hydroxyl groups is 1. The molecule has 0 bridgehead atoms. The summed E-state index contributed by atoms with van der Waals surface area (Å²) in [4.78, 5) is 0.440. The molecule has 182 valence electrons. The van der Waals surface area contributed by atoms with E-state index in [9.17, 15) is 13.5 Å². The van der Waals surface area contributed by atoms with Crippen molar-refractivity contribution < 1.29 is 47.0 Å². The fraction of sp³-hybridized carbons (Fsp3) is 0.111. The summed E-state index contributed by atoms with van der Waals surface area (Å²) in [7, 11) is -3.64. The molecule has 0 saturated heterocycles. The first kappa shape index (κ1) is 26.1. The van der Waals surface area contributed by atoms with Crippen molar-refractivity contribution in [2.75, 3.05) is 18.1 Å². The molecule has 0 saturated carbocycles. The SMILES string of the molecule is Nc1ccc2c(O)cc(SOOO)cc2c1/N=N/c1ccc(S(=O)(=O)CCOSOOO)cc1. The number of hydrogen-bond acceptors (Lipinski definition) is 15. The smallest absolute Gasteiger partial charge is 0.197 e. The molecule has 3 rings (SSSR count). The molecule has 0 aliphatic heterocycles. The van der Waals surface area contributed by atoms with Crippen LogP contribution in [0.1, 0.15) is 0 Å². The molecule has 0 spiro atoms. The summed E-state index contributed by atoms with van der Waals surface area (Å²) in [5.74, 6) is -0.415. The number of fused-ring (bicyclic) bond motifs is 1. The van der Waals surface area contributed by atoms with Crippen LogP contribution in [0.15, 0.2) is 68.6 Å². The lowest BCUT2D eigenvalue weighted by Gasteiger charge is -2.09. The Morgan fingerprint density at radius 2 is 1.68 bits per heavy atom. The quantitative estimate of drug-likeness (QED) is 0.0625. The van der Waals surface area contributed by atoms with Gasteiger partial charge in [0.25, 0.3) is 0 Å². The van der Waals surface area contributed by atoms with Crippen molar-refractivity contribution in [2.45, 2.75) is 9.79 Å². The van der Waals surface area contributed by atoms with Gasteiger partial charge in [-0.25, -0.2) is 18.9 Å². The van der Waals surface area contributed by atoms with Gasteiger partial charge in [0.2, 0.25) is 0 Å². The molecule has 13 nitrogen and oxygen atoms in total. The number of benzene rings is 3. The highest BCUT2D eigenvalue weighted by Crippen LogP contribution is 2.40. The molecule has 0 fully saturated rings. The van der Waals surface area contributed by atoms with E-state index in [1.165, 1.54) is 30.3 Å². The maximum atomic E-state index is 12.3. The highest BCUT2D eigenvalue weighted by Gasteiger charge is 2.15. The normalized spacial score (nSPS) is 12.1. The zero-order valence-electron chi connectivity index (χ0n) is 16.9. The van der Waals surface area contributed by atoms with Crippen LogP contribution in [0, 0.1) is 0 Å². The van der Waals surface area contributed by atoms with Gasteiger partial charge in [-0.3, -0.25) is 4.18 Å². The average Bonchev–Trinajstić information content (AvgIpc) is 2.82. The second-order valence-electron chi connectivity index (χ2n) is 6.31. The Morgan fingerprint density at radius 1 is 0.941 bits per heavy atom. The van der Waals surface area contributed by atoms with Crippen molar-refractivity contribution >= 4 is 62.0 Å². The van der Waals surface area contributed by atoms with Gasteiger partial charge in [-0.15, -0.1) is 13.8 Å². The second-order valence-corrected chi connectivity index (χ2v) is 9.70. The van der Waals surface area contributed by atoms with Crippen molar-refractivity contribution in [1.29, 1.82) is 0 Å². The highest BCUT2D eigenvalue weighted by molar-refractivity contribution is 7.94. The van der Waals surface area contributed by atoms with Gasteiger partial charge in [-0.2, -0.15) is 5.11 Å². The van der Waals surface area contributed by atoms with Crippen molar-refractivity contribution in [3.05, 3.63) is 48.5 Å². The number of sulfone groups is 1. The predicted octanol–water partition coefficient (Wildman–Crippen LogP) is 4.75. The summed E-state index contributed by atoms with van der Waals surface area (Å²) in [5.41, 5.74) is 6.94. The van der Waals surface area contributed by atoms with E-state index in [0.29, 0.717) is 33.4 Å². The topological polar surface area (TPSA) is 192 Å². The van der Waals surface area contributed by atoms with E-state index in [-0.39, 0.29) is 46.7 Å². The first-order valence-corrected chi connectivity index (χ1v) is 12.1. The third-order valence-electron chi connectivity index (χ3n) is 4.25. The molecule has 0 heterocycles. The number of nitrogens with zero attached hydrogens (tertiary/aromatic N) is 2. The minimum atomic E-state index is -3.64. The van der Waals surface area contributed by atoms with Gasteiger partial charge in [0.1, 0.15) is 11.4 Å². The molecule has 0 aliphatic carbocycles. The number of anilines is 1. The van der Waals surface area contributed by atoms with E-state index in [1.54, 1.807) is 18.2 Å². The van der Waals surface area contributed by atoms with Crippen molar-refractivity contribution in [1.82, 2.24) is 0 Å². The fourth-order valence-electron chi connectivity index (χ4n) is 2.76. The Bertz CT molecular complexity index is 1260. The molecule has 3 aromatic carbocycles. The molecule has 5 N–H and O–H groups in total. The molecule has 0 aromatic heterocycles. The van der Waals surface area contributed by atoms with Crippen LogP contribution in [0.4, 0.5) is 17.1 Å². The van der Waals surface area contributed by atoms with Crippen LogP contribution in [0.2, 0.25) is 0 Å². The third-order valence-corrected chi connectivity index (χ3v) is 6.88. The molecular weight excluding hydrogens is 514 g/mol. The van der Waals surface area contributed by atoms with Crippen molar-refractivity contribution in [2.24, 2.45) is 10.2 Å². The van der Waals surface area contributed by atoms with Crippen molar-refractivity contribution in [3.63, 3.8) is 0 Å². The number of nitrogens with two attached hydrogens (primary N) is 1. The van der Waals surface area contributed by atoms with Crippen LogP contribution in [0.5, 0.6) is 5.75 Å². The number of azo groups is 1. The van der Waals surface area contributed by atoms with Gasteiger partial charge in [0.15, 0.2) is 22.2 Å². The molecule has 34 heavy (non-hydrogen) atoms. The van der Waals surface area contributed by atoms with Crippen LogP contribution < -0.4 is 5.73 Å². The van der Waals surface area contributed by atoms with Gasteiger partial charge in [-0.05, 0) is 48.5 Å². The first-order valence-electron chi connectivity index (χ1n) is 9.06. The number of hydrogen-bond donors (Lipinski definition) is 4. The van der Waals surface area contributed by atoms with Gasteiger partial charge >= 0.3 is 0 Å². The lowest BCUT2D eigenvalue weighted by Crippen LogP contribution is -2.10. The summed E-state index contributed by atoms with van der Waals surface area (Å²) in [6.07, 6.45) is 0. The molecular formula is C18H17N3O10S3. The Kier molecular flexibility index (Phi) is 9.42. The lowest BCUT2D eigenvalue weighted by molar-refractivity contribution is -0.434. The standard InChI is InChI=1S/C18H17N3O10S3/c19-16-6-5-14-15(9-12(10-17(14)22)32-30-28-23)18(16)21-20-11-1-3-13(4-2-11)34(25,26)8-7-27-33-31-29-24/h1-6,9-10,22-24H,7-8,19H2/b21-20+. The van der Waals surface area contributed by atoms with E-state index in [1.807, 2.05) is 0 Å². The van der Waals surface area contributed by atoms with Crippen LogP contribution in [-0.4, -0.2) is 36.4 Å². The maximum absolute atomic E-state index is 12.3. The Hall–Kier alpha value is -2.51. The monoisotopic (exact) mass is 531 g/mol.